The number of hydrogen-bond acceptors (Lipinski definition) is 6. The summed E-state index contributed by atoms with van der Waals surface area (Å²) in [7, 11) is 0. The quantitative estimate of drug-likeness (QED) is 0.859. The second-order valence-electron chi connectivity index (χ2n) is 5.61. The van der Waals surface area contributed by atoms with E-state index in [0.29, 0.717) is 24.6 Å². The van der Waals surface area contributed by atoms with E-state index in [1.54, 1.807) is 0 Å². The van der Waals surface area contributed by atoms with Crippen LogP contribution in [0.4, 0.5) is 11.9 Å². The summed E-state index contributed by atoms with van der Waals surface area (Å²) in [6.45, 7) is 6.62. The molecule has 0 radical (unpaired) electrons. The molecule has 1 saturated carbocycles. The van der Waals surface area contributed by atoms with E-state index >= 15 is 0 Å². The number of anilines is 2. The van der Waals surface area contributed by atoms with Crippen LogP contribution in [0.3, 0.4) is 0 Å². The molecule has 1 aliphatic heterocycles. The van der Waals surface area contributed by atoms with Crippen LogP contribution in [0.1, 0.15) is 39.5 Å². The van der Waals surface area contributed by atoms with E-state index < -0.39 is 0 Å². The molecule has 0 aromatic carbocycles. The van der Waals surface area contributed by atoms with Gasteiger partial charge >= 0.3 is 6.01 Å². The Morgan fingerprint density at radius 1 is 1.25 bits per heavy atom. The van der Waals surface area contributed by atoms with Gasteiger partial charge in [-0.25, -0.2) is 0 Å². The molecule has 1 aliphatic carbocycles. The van der Waals surface area contributed by atoms with Crippen molar-refractivity contribution in [2.45, 2.75) is 45.6 Å². The normalized spacial score (nSPS) is 24.2. The number of nitrogens with one attached hydrogen (secondary N) is 1. The van der Waals surface area contributed by atoms with Crippen molar-refractivity contribution in [3.63, 3.8) is 0 Å². The van der Waals surface area contributed by atoms with E-state index in [9.17, 15) is 0 Å². The zero-order chi connectivity index (χ0) is 13.9. The Morgan fingerprint density at radius 3 is 2.80 bits per heavy atom. The molecule has 6 heteroatoms. The summed E-state index contributed by atoms with van der Waals surface area (Å²) in [6, 6.07) is 1.05. The molecule has 2 aliphatic rings. The van der Waals surface area contributed by atoms with Gasteiger partial charge in [-0.1, -0.05) is 6.92 Å². The van der Waals surface area contributed by atoms with Gasteiger partial charge in [-0.3, -0.25) is 0 Å². The van der Waals surface area contributed by atoms with Gasteiger partial charge in [-0.2, -0.15) is 15.0 Å². The number of nitrogens with zero attached hydrogens (tertiary/aromatic N) is 4. The Kier molecular flexibility index (Phi) is 3.89. The maximum absolute atomic E-state index is 5.59. The van der Waals surface area contributed by atoms with Crippen LogP contribution >= 0.6 is 0 Å². The third-order valence-electron chi connectivity index (χ3n) is 4.04. The molecule has 20 heavy (non-hydrogen) atoms. The first kappa shape index (κ1) is 13.4. The number of piperidine rings is 1. The van der Waals surface area contributed by atoms with Gasteiger partial charge in [-0.05, 0) is 38.5 Å². The summed E-state index contributed by atoms with van der Waals surface area (Å²) in [5, 5.41) is 3.16. The van der Waals surface area contributed by atoms with Crippen LogP contribution in [0.15, 0.2) is 0 Å². The molecule has 3 rings (SSSR count). The Balaban J connectivity index is 1.82. The molecule has 1 aromatic rings. The van der Waals surface area contributed by atoms with Crippen molar-refractivity contribution in [1.82, 2.24) is 15.0 Å². The summed E-state index contributed by atoms with van der Waals surface area (Å²) < 4.78 is 5.59. The van der Waals surface area contributed by atoms with Gasteiger partial charge in [0.05, 0.1) is 6.61 Å². The van der Waals surface area contributed by atoms with E-state index in [4.69, 9.17) is 4.74 Å². The Hall–Kier alpha value is -1.59. The average molecular weight is 277 g/mol. The molecule has 2 unspecified atom stereocenters. The van der Waals surface area contributed by atoms with Crippen molar-refractivity contribution in [1.29, 1.82) is 0 Å². The summed E-state index contributed by atoms with van der Waals surface area (Å²) in [4.78, 5) is 15.7. The van der Waals surface area contributed by atoms with Crippen molar-refractivity contribution in [3.8, 4) is 6.01 Å². The highest BCUT2D eigenvalue weighted by atomic mass is 16.5. The van der Waals surface area contributed by atoms with Crippen LogP contribution in [0, 0.1) is 5.92 Å². The van der Waals surface area contributed by atoms with Gasteiger partial charge in [0.15, 0.2) is 0 Å². The Labute approximate surface area is 120 Å². The van der Waals surface area contributed by atoms with Crippen LogP contribution in [-0.4, -0.2) is 40.7 Å². The summed E-state index contributed by atoms with van der Waals surface area (Å²) in [5.74, 6) is 2.21. The van der Waals surface area contributed by atoms with E-state index in [1.165, 1.54) is 19.3 Å². The van der Waals surface area contributed by atoms with Crippen LogP contribution in [0.2, 0.25) is 0 Å². The van der Waals surface area contributed by atoms with E-state index in [-0.39, 0.29) is 0 Å². The number of rotatable bonds is 6. The molecule has 1 saturated heterocycles. The van der Waals surface area contributed by atoms with Crippen molar-refractivity contribution in [2.24, 2.45) is 5.92 Å². The number of ether oxygens (including phenoxy) is 1. The van der Waals surface area contributed by atoms with Gasteiger partial charge in [0.1, 0.15) is 0 Å². The molecule has 2 atom stereocenters. The molecule has 2 fully saturated rings. The summed E-state index contributed by atoms with van der Waals surface area (Å²) >= 11 is 0. The molecule has 1 N–H and O–H groups in total. The van der Waals surface area contributed by atoms with Crippen LogP contribution in [0.5, 0.6) is 6.01 Å². The third-order valence-corrected chi connectivity index (χ3v) is 4.04. The lowest BCUT2D eigenvalue weighted by Crippen LogP contribution is -2.33. The fourth-order valence-corrected chi connectivity index (χ4v) is 3.14. The first-order chi connectivity index (χ1) is 9.80. The summed E-state index contributed by atoms with van der Waals surface area (Å²) in [6.07, 6.45) is 4.85. The van der Waals surface area contributed by atoms with Crippen LogP contribution < -0.4 is 15.0 Å². The first-order valence-corrected chi connectivity index (χ1v) is 7.69. The van der Waals surface area contributed by atoms with Crippen LogP contribution in [-0.2, 0) is 0 Å². The monoisotopic (exact) mass is 277 g/mol. The lowest BCUT2D eigenvalue weighted by Gasteiger charge is -2.27. The minimum atomic E-state index is 0.440. The molecule has 2 heterocycles. The van der Waals surface area contributed by atoms with Crippen molar-refractivity contribution in [3.05, 3.63) is 0 Å². The smallest absolute Gasteiger partial charge is 0.323 e. The number of hydrogen-bond donors (Lipinski definition) is 1. The molecule has 6 nitrogen and oxygen atoms in total. The molecule has 2 bridgehead atoms. The van der Waals surface area contributed by atoms with Gasteiger partial charge in [0.25, 0.3) is 0 Å². The van der Waals surface area contributed by atoms with Crippen LogP contribution in [0.25, 0.3) is 0 Å². The molecule has 0 spiro atoms. The maximum atomic E-state index is 5.59. The number of fused-ring (bicyclic) bond motifs is 2. The molecule has 1 aromatic heterocycles. The van der Waals surface area contributed by atoms with Gasteiger partial charge in [-0.15, -0.1) is 0 Å². The molecular weight excluding hydrogens is 254 g/mol. The fraction of sp³-hybridized carbons (Fsp3) is 0.786. The second kappa shape index (κ2) is 5.81. The lowest BCUT2D eigenvalue weighted by atomic mass is 10.1. The Morgan fingerprint density at radius 2 is 2.15 bits per heavy atom. The van der Waals surface area contributed by atoms with Gasteiger partial charge in [0, 0.05) is 19.1 Å². The minimum absolute atomic E-state index is 0.440. The fourth-order valence-electron chi connectivity index (χ4n) is 3.14. The SMILES string of the molecule is CCCOc1nc(NCC)nc(N2CC3CCC2C3)n1. The molecular formula is C14H23N5O. The molecule has 110 valence electrons. The maximum Gasteiger partial charge on any atom is 0.323 e. The standard InChI is InChI=1S/C14H23N5O/c1-3-7-20-14-17-12(15-4-2)16-13(18-14)19-9-10-5-6-11(19)8-10/h10-11H,3-9H2,1-2H3,(H,15,16,17,18). The van der Waals surface area contributed by atoms with E-state index in [1.807, 2.05) is 6.92 Å². The first-order valence-electron chi connectivity index (χ1n) is 7.69. The highest BCUT2D eigenvalue weighted by Crippen LogP contribution is 2.39. The average Bonchev–Trinajstić information content (AvgIpc) is 3.08. The predicted molar refractivity (Wildman–Crippen MR) is 78.3 cm³/mol. The molecule has 0 amide bonds. The zero-order valence-corrected chi connectivity index (χ0v) is 12.3. The Bertz CT molecular complexity index is 467. The van der Waals surface area contributed by atoms with Crippen molar-refractivity contribution >= 4 is 11.9 Å². The van der Waals surface area contributed by atoms with E-state index in [2.05, 4.69) is 32.1 Å². The van der Waals surface area contributed by atoms with Gasteiger partial charge < -0.3 is 15.0 Å². The largest absolute Gasteiger partial charge is 0.463 e. The highest BCUT2D eigenvalue weighted by molar-refractivity contribution is 5.41. The summed E-state index contributed by atoms with van der Waals surface area (Å²) in [5.41, 5.74) is 0. The minimum Gasteiger partial charge on any atom is -0.463 e. The second-order valence-corrected chi connectivity index (χ2v) is 5.61. The lowest BCUT2D eigenvalue weighted by molar-refractivity contribution is 0.291. The number of aromatic nitrogens is 3. The third kappa shape index (κ3) is 2.64. The predicted octanol–water partition coefficient (Wildman–Crippen LogP) is 2.08. The van der Waals surface area contributed by atoms with Gasteiger partial charge in [0.2, 0.25) is 11.9 Å². The topological polar surface area (TPSA) is 63.2 Å². The van der Waals surface area contributed by atoms with Crippen molar-refractivity contribution in [2.75, 3.05) is 29.9 Å². The highest BCUT2D eigenvalue weighted by Gasteiger charge is 2.39. The van der Waals surface area contributed by atoms with E-state index in [0.717, 1.165) is 31.4 Å². The van der Waals surface area contributed by atoms with Crippen molar-refractivity contribution < 1.29 is 4.74 Å². The zero-order valence-electron chi connectivity index (χ0n) is 12.3.